The second kappa shape index (κ2) is 6.69. The van der Waals surface area contributed by atoms with E-state index in [4.69, 9.17) is 9.47 Å². The number of rotatable bonds is 2. The van der Waals surface area contributed by atoms with Crippen molar-refractivity contribution in [2.24, 2.45) is 0 Å². The molecule has 2 aromatic rings. The van der Waals surface area contributed by atoms with Gasteiger partial charge in [-0.3, -0.25) is 0 Å². The van der Waals surface area contributed by atoms with Crippen LogP contribution in [0.15, 0.2) is 36.4 Å². The summed E-state index contributed by atoms with van der Waals surface area (Å²) in [4.78, 5) is 0. The number of aliphatic hydroxyl groups is 3. The van der Waals surface area contributed by atoms with Crippen molar-refractivity contribution in [1.82, 2.24) is 0 Å². The van der Waals surface area contributed by atoms with Crippen LogP contribution >= 0.6 is 0 Å². The molecule has 2 aromatic carbocycles. The van der Waals surface area contributed by atoms with Gasteiger partial charge in [0.2, 0.25) is 5.79 Å². The Bertz CT molecular complexity index is 847. The minimum absolute atomic E-state index is 0.299. The van der Waals surface area contributed by atoms with Crippen LogP contribution in [0.25, 0.3) is 0 Å². The van der Waals surface area contributed by atoms with E-state index in [2.05, 4.69) is 44.2 Å². The highest BCUT2D eigenvalue weighted by Crippen LogP contribution is 2.46. The minimum Gasteiger partial charge on any atom is -0.388 e. The van der Waals surface area contributed by atoms with Crippen molar-refractivity contribution in [1.29, 1.82) is 0 Å². The molecule has 27 heavy (non-hydrogen) atoms. The molecule has 5 unspecified atom stereocenters. The molecule has 1 spiro atoms. The third-order valence-corrected chi connectivity index (χ3v) is 5.80. The van der Waals surface area contributed by atoms with Gasteiger partial charge >= 0.3 is 0 Å². The monoisotopic (exact) mass is 370 g/mol. The highest BCUT2D eigenvalue weighted by molar-refractivity contribution is 5.45. The van der Waals surface area contributed by atoms with Crippen molar-refractivity contribution in [3.8, 4) is 0 Å². The lowest BCUT2D eigenvalue weighted by molar-refractivity contribution is -0.362. The van der Waals surface area contributed by atoms with Gasteiger partial charge in [-0.15, -0.1) is 0 Å². The summed E-state index contributed by atoms with van der Waals surface area (Å²) in [7, 11) is 0. The number of benzene rings is 2. The molecule has 0 aliphatic carbocycles. The Morgan fingerprint density at radius 1 is 1.04 bits per heavy atom. The van der Waals surface area contributed by atoms with Crippen LogP contribution in [0.3, 0.4) is 0 Å². The molecule has 2 aliphatic heterocycles. The van der Waals surface area contributed by atoms with Gasteiger partial charge in [0, 0.05) is 5.56 Å². The topological polar surface area (TPSA) is 79.2 Å². The molecule has 1 saturated heterocycles. The molecule has 5 nitrogen and oxygen atoms in total. The van der Waals surface area contributed by atoms with E-state index in [9.17, 15) is 15.3 Å². The molecule has 2 aliphatic rings. The van der Waals surface area contributed by atoms with Crippen LogP contribution in [-0.2, 0) is 28.3 Å². The highest BCUT2D eigenvalue weighted by Gasteiger charge is 2.57. The van der Waals surface area contributed by atoms with Gasteiger partial charge in [-0.2, -0.15) is 0 Å². The van der Waals surface area contributed by atoms with E-state index in [0.717, 1.165) is 28.7 Å². The zero-order chi connectivity index (χ0) is 19.3. The van der Waals surface area contributed by atoms with Crippen molar-refractivity contribution in [3.63, 3.8) is 0 Å². The zero-order valence-electron chi connectivity index (χ0n) is 15.8. The van der Waals surface area contributed by atoms with Crippen molar-refractivity contribution in [2.75, 3.05) is 0 Å². The van der Waals surface area contributed by atoms with Crippen LogP contribution in [0.2, 0.25) is 0 Å². The van der Waals surface area contributed by atoms with Crippen LogP contribution in [0.5, 0.6) is 0 Å². The number of hydrogen-bond donors (Lipinski definition) is 3. The van der Waals surface area contributed by atoms with E-state index in [1.165, 1.54) is 11.1 Å². The Labute approximate surface area is 159 Å². The SMILES string of the molecule is Cc1ccc(Cc2cc3c(cc2C)COC32OC(C)C(O)C(O)C2O)cc1. The third kappa shape index (κ3) is 3.00. The number of hydrogen-bond acceptors (Lipinski definition) is 5. The quantitative estimate of drug-likeness (QED) is 0.754. The van der Waals surface area contributed by atoms with Crippen LogP contribution < -0.4 is 0 Å². The van der Waals surface area contributed by atoms with E-state index in [-0.39, 0.29) is 0 Å². The largest absolute Gasteiger partial charge is 0.388 e. The van der Waals surface area contributed by atoms with Gasteiger partial charge in [0.1, 0.15) is 18.3 Å². The van der Waals surface area contributed by atoms with Crippen LogP contribution in [-0.4, -0.2) is 39.7 Å². The summed E-state index contributed by atoms with van der Waals surface area (Å²) >= 11 is 0. The van der Waals surface area contributed by atoms with Gasteiger partial charge < -0.3 is 24.8 Å². The lowest BCUT2D eigenvalue weighted by atomic mass is 9.85. The molecule has 3 N–H and O–H groups in total. The van der Waals surface area contributed by atoms with Gasteiger partial charge in [0.05, 0.1) is 12.7 Å². The van der Waals surface area contributed by atoms with Crippen molar-refractivity contribution in [2.45, 2.75) is 64.0 Å². The smallest absolute Gasteiger partial charge is 0.225 e. The first-order valence-electron chi connectivity index (χ1n) is 9.36. The third-order valence-electron chi connectivity index (χ3n) is 5.80. The van der Waals surface area contributed by atoms with Gasteiger partial charge in [0.25, 0.3) is 0 Å². The zero-order valence-corrected chi connectivity index (χ0v) is 15.8. The summed E-state index contributed by atoms with van der Waals surface area (Å²) < 4.78 is 11.8. The minimum atomic E-state index is -1.44. The summed E-state index contributed by atoms with van der Waals surface area (Å²) in [5, 5.41) is 31.0. The van der Waals surface area contributed by atoms with E-state index in [1.807, 2.05) is 6.07 Å². The standard InChI is InChI=1S/C22H26O5/c1-12-4-6-15(7-5-12)9-16-10-18-17(8-13(16)2)11-26-22(18)21(25)20(24)19(23)14(3)27-22/h4-8,10,14,19-21,23-25H,9,11H2,1-3H3. The molecule has 0 saturated carbocycles. The molecule has 1 fully saturated rings. The fraction of sp³-hybridized carbons (Fsp3) is 0.455. The van der Waals surface area contributed by atoms with Gasteiger partial charge in [-0.05, 0) is 55.5 Å². The van der Waals surface area contributed by atoms with Gasteiger partial charge in [-0.1, -0.05) is 35.9 Å². The maximum Gasteiger partial charge on any atom is 0.225 e. The van der Waals surface area contributed by atoms with E-state index in [0.29, 0.717) is 6.61 Å². The molecule has 5 heteroatoms. The summed E-state index contributed by atoms with van der Waals surface area (Å²) in [6.07, 6.45) is -3.75. The first-order chi connectivity index (χ1) is 12.8. The number of fused-ring (bicyclic) bond motifs is 2. The number of ether oxygens (including phenoxy) is 2. The molecule has 0 aromatic heterocycles. The molecule has 0 amide bonds. The fourth-order valence-corrected chi connectivity index (χ4v) is 4.08. The maximum absolute atomic E-state index is 10.7. The Hall–Kier alpha value is -1.76. The van der Waals surface area contributed by atoms with Gasteiger partial charge in [0.15, 0.2) is 0 Å². The Kier molecular flexibility index (Phi) is 4.61. The Morgan fingerprint density at radius 2 is 1.74 bits per heavy atom. The van der Waals surface area contributed by atoms with E-state index >= 15 is 0 Å². The second-order valence-corrected chi connectivity index (χ2v) is 7.80. The number of aryl methyl sites for hydroxylation is 2. The lowest BCUT2D eigenvalue weighted by Crippen LogP contribution is -2.62. The maximum atomic E-state index is 10.7. The molecular weight excluding hydrogens is 344 g/mol. The second-order valence-electron chi connectivity index (χ2n) is 7.80. The molecule has 0 radical (unpaired) electrons. The van der Waals surface area contributed by atoms with Crippen molar-refractivity contribution >= 4 is 0 Å². The fourth-order valence-electron chi connectivity index (χ4n) is 4.08. The van der Waals surface area contributed by atoms with Crippen LogP contribution in [0.1, 0.15) is 40.3 Å². The van der Waals surface area contributed by atoms with Crippen LogP contribution in [0, 0.1) is 13.8 Å². The molecular formula is C22H26O5. The molecule has 144 valence electrons. The summed E-state index contributed by atoms with van der Waals surface area (Å²) in [6.45, 7) is 6.10. The summed E-state index contributed by atoms with van der Waals surface area (Å²) in [5.41, 5.74) is 6.36. The molecule has 2 heterocycles. The average Bonchev–Trinajstić information content (AvgIpc) is 2.99. The van der Waals surface area contributed by atoms with Crippen LogP contribution in [0.4, 0.5) is 0 Å². The van der Waals surface area contributed by atoms with Crippen molar-refractivity contribution < 1.29 is 24.8 Å². The van der Waals surface area contributed by atoms with E-state index < -0.39 is 30.2 Å². The predicted octanol–water partition coefficient (Wildman–Crippen LogP) is 2.08. The normalized spacial score (nSPS) is 32.7. The Balaban J connectivity index is 1.73. The van der Waals surface area contributed by atoms with Gasteiger partial charge in [-0.25, -0.2) is 0 Å². The predicted molar refractivity (Wildman–Crippen MR) is 100 cm³/mol. The molecule has 5 atom stereocenters. The Morgan fingerprint density at radius 3 is 2.44 bits per heavy atom. The van der Waals surface area contributed by atoms with Crippen molar-refractivity contribution in [3.05, 3.63) is 69.8 Å². The summed E-state index contributed by atoms with van der Waals surface area (Å²) in [5.74, 6) is -1.44. The molecule has 0 bridgehead atoms. The first-order valence-corrected chi connectivity index (χ1v) is 9.36. The van der Waals surface area contributed by atoms with E-state index in [1.54, 1.807) is 6.92 Å². The summed E-state index contributed by atoms with van der Waals surface area (Å²) in [6, 6.07) is 12.5. The highest BCUT2D eigenvalue weighted by atomic mass is 16.7. The lowest BCUT2D eigenvalue weighted by Gasteiger charge is -2.45. The average molecular weight is 370 g/mol. The molecule has 4 rings (SSSR count). The number of aliphatic hydroxyl groups excluding tert-OH is 3. The first kappa shape index (κ1) is 18.6.